The summed E-state index contributed by atoms with van der Waals surface area (Å²) in [6.45, 7) is 4.39. The van der Waals surface area contributed by atoms with Gasteiger partial charge >= 0.3 is 5.97 Å². The summed E-state index contributed by atoms with van der Waals surface area (Å²) in [6, 6.07) is 22.0. The zero-order chi connectivity index (χ0) is 23.2. The highest BCUT2D eigenvalue weighted by molar-refractivity contribution is 6.01. The number of aliphatic carboxylic acids is 1. The lowest BCUT2D eigenvalue weighted by atomic mass is 9.87. The lowest BCUT2D eigenvalue weighted by Crippen LogP contribution is -2.23. The largest absolute Gasteiger partial charge is 0.485 e. The molecule has 166 valence electrons. The number of carbonyl (C=O) groups is 1. The Hall–Kier alpha value is -3.86. The van der Waals surface area contributed by atoms with E-state index in [9.17, 15) is 9.90 Å². The van der Waals surface area contributed by atoms with Crippen molar-refractivity contribution in [1.29, 1.82) is 0 Å². The fraction of sp³-hybridized carbons (Fsp3) is 0.214. The number of hydrogen-bond donors (Lipinski definition) is 2. The lowest BCUT2D eigenvalue weighted by Gasteiger charge is -2.29. The number of carboxylic acids is 1. The summed E-state index contributed by atoms with van der Waals surface area (Å²) < 4.78 is 6.55. The van der Waals surface area contributed by atoms with Crippen LogP contribution in [0.4, 0.5) is 5.82 Å². The summed E-state index contributed by atoms with van der Waals surface area (Å²) in [5.74, 6) is 0.275. The number of anilines is 1. The number of ether oxygens (including phenoxy) is 1. The molecule has 0 radical (unpaired) electrons. The van der Waals surface area contributed by atoms with Gasteiger partial charge in [0.25, 0.3) is 0 Å². The fourth-order valence-corrected chi connectivity index (χ4v) is 4.93. The highest BCUT2D eigenvalue weighted by atomic mass is 16.5. The molecule has 0 bridgehead atoms. The monoisotopic (exact) mass is 438 g/mol. The van der Waals surface area contributed by atoms with Crippen LogP contribution in [0.1, 0.15) is 36.6 Å². The van der Waals surface area contributed by atoms with E-state index in [0.29, 0.717) is 17.1 Å². The summed E-state index contributed by atoms with van der Waals surface area (Å²) >= 11 is 0. The normalized spacial score (nSPS) is 16.5. The van der Waals surface area contributed by atoms with Crippen LogP contribution < -0.4 is 10.5 Å². The first-order valence-electron chi connectivity index (χ1n) is 11.1. The second-order valence-electron chi connectivity index (χ2n) is 9.35. The van der Waals surface area contributed by atoms with Crippen LogP contribution in [-0.2, 0) is 17.6 Å². The second kappa shape index (κ2) is 7.93. The summed E-state index contributed by atoms with van der Waals surface area (Å²) in [7, 11) is 0. The maximum absolute atomic E-state index is 11.3. The van der Waals surface area contributed by atoms with Gasteiger partial charge in [-0.1, -0.05) is 62.4 Å². The van der Waals surface area contributed by atoms with E-state index in [-0.39, 0.29) is 17.9 Å². The van der Waals surface area contributed by atoms with Crippen molar-refractivity contribution in [2.24, 2.45) is 5.41 Å². The van der Waals surface area contributed by atoms with Crippen molar-refractivity contribution in [3.8, 4) is 16.9 Å². The Morgan fingerprint density at radius 3 is 2.73 bits per heavy atom. The first kappa shape index (κ1) is 21.0. The van der Waals surface area contributed by atoms with Crippen molar-refractivity contribution in [1.82, 2.24) is 4.98 Å². The molecule has 5 heteroatoms. The van der Waals surface area contributed by atoms with E-state index in [2.05, 4.69) is 43.1 Å². The van der Waals surface area contributed by atoms with Gasteiger partial charge in [0.15, 0.2) is 0 Å². The molecule has 3 aromatic carbocycles. The van der Waals surface area contributed by atoms with Crippen LogP contribution >= 0.6 is 0 Å². The maximum atomic E-state index is 11.3. The number of carboxylic acid groups (broad SMARTS) is 1. The third-order valence-electron chi connectivity index (χ3n) is 6.49. The molecule has 0 saturated heterocycles. The molecule has 1 aliphatic carbocycles. The molecule has 1 aromatic heterocycles. The summed E-state index contributed by atoms with van der Waals surface area (Å²) in [5.41, 5.74) is 11.2. The number of nitrogens with zero attached hydrogens (tertiary/aromatic N) is 1. The van der Waals surface area contributed by atoms with Crippen molar-refractivity contribution in [2.75, 3.05) is 5.73 Å². The molecule has 0 spiro atoms. The molecule has 1 aliphatic rings. The topological polar surface area (TPSA) is 85.4 Å². The van der Waals surface area contributed by atoms with Gasteiger partial charge in [-0.15, -0.1) is 0 Å². The third kappa shape index (κ3) is 3.80. The summed E-state index contributed by atoms with van der Waals surface area (Å²) in [6.07, 6.45) is 2.37. The standard InChI is InChI=1S/C28H26N2O3/c1-28(2)16-19-11-10-17(20-7-5-8-22-21(20)12-13-30-27(22)29)14-23(19)26(28)33-24-9-4-3-6-18(24)15-25(31)32/h3-14,26H,15-16H2,1-2H3,(H2,29,30)(H,31,32). The van der Waals surface area contributed by atoms with E-state index in [0.717, 1.165) is 33.9 Å². The highest BCUT2D eigenvalue weighted by Crippen LogP contribution is 2.49. The van der Waals surface area contributed by atoms with Gasteiger partial charge in [0.2, 0.25) is 0 Å². The molecule has 5 nitrogen and oxygen atoms in total. The minimum absolute atomic E-state index is 0.0678. The Kier molecular flexibility index (Phi) is 5.05. The van der Waals surface area contributed by atoms with E-state index in [1.165, 1.54) is 5.56 Å². The van der Waals surface area contributed by atoms with Crippen molar-refractivity contribution < 1.29 is 14.6 Å². The average Bonchev–Trinajstić information content (AvgIpc) is 3.03. The third-order valence-corrected chi connectivity index (χ3v) is 6.49. The molecule has 4 aromatic rings. The Bertz CT molecular complexity index is 1380. The SMILES string of the molecule is CC1(C)Cc2ccc(-c3cccc4c(N)nccc34)cc2C1Oc1ccccc1CC(=O)O. The van der Waals surface area contributed by atoms with Crippen LogP contribution in [0.5, 0.6) is 5.75 Å². The van der Waals surface area contributed by atoms with Crippen molar-refractivity contribution in [2.45, 2.75) is 32.8 Å². The van der Waals surface area contributed by atoms with Gasteiger partial charge in [0.1, 0.15) is 17.7 Å². The molecule has 3 N–H and O–H groups in total. The molecular weight excluding hydrogens is 412 g/mol. The van der Waals surface area contributed by atoms with Gasteiger partial charge in [0, 0.05) is 22.6 Å². The molecule has 1 atom stereocenters. The van der Waals surface area contributed by atoms with Gasteiger partial charge in [-0.3, -0.25) is 4.79 Å². The Balaban J connectivity index is 1.58. The van der Waals surface area contributed by atoms with Crippen molar-refractivity contribution in [3.05, 3.63) is 89.6 Å². The number of hydrogen-bond acceptors (Lipinski definition) is 4. The lowest BCUT2D eigenvalue weighted by molar-refractivity contribution is -0.136. The minimum atomic E-state index is -0.871. The van der Waals surface area contributed by atoms with E-state index < -0.39 is 5.97 Å². The number of para-hydroxylation sites is 1. The van der Waals surface area contributed by atoms with Gasteiger partial charge in [0.05, 0.1) is 6.42 Å². The molecule has 1 heterocycles. The van der Waals surface area contributed by atoms with Crippen LogP contribution in [0.25, 0.3) is 21.9 Å². The summed E-state index contributed by atoms with van der Waals surface area (Å²) in [5, 5.41) is 11.3. The molecule has 0 amide bonds. The predicted molar refractivity (Wildman–Crippen MR) is 130 cm³/mol. The van der Waals surface area contributed by atoms with E-state index in [1.54, 1.807) is 6.20 Å². The van der Waals surface area contributed by atoms with Gasteiger partial charge in [-0.25, -0.2) is 4.98 Å². The van der Waals surface area contributed by atoms with E-state index in [4.69, 9.17) is 10.5 Å². The van der Waals surface area contributed by atoms with Crippen LogP contribution in [0.3, 0.4) is 0 Å². The van der Waals surface area contributed by atoms with E-state index >= 15 is 0 Å². The Morgan fingerprint density at radius 1 is 1.09 bits per heavy atom. The molecule has 0 saturated carbocycles. The van der Waals surface area contributed by atoms with Gasteiger partial charge in [-0.2, -0.15) is 0 Å². The minimum Gasteiger partial charge on any atom is -0.485 e. The molecular formula is C28H26N2O3. The van der Waals surface area contributed by atoms with Crippen molar-refractivity contribution >= 4 is 22.6 Å². The van der Waals surface area contributed by atoms with Crippen LogP contribution in [0, 0.1) is 5.41 Å². The zero-order valence-corrected chi connectivity index (χ0v) is 18.7. The van der Waals surface area contributed by atoms with E-state index in [1.807, 2.05) is 42.5 Å². The number of nitrogens with two attached hydrogens (primary N) is 1. The number of pyridine rings is 1. The molecule has 33 heavy (non-hydrogen) atoms. The fourth-order valence-electron chi connectivity index (χ4n) is 4.93. The van der Waals surface area contributed by atoms with Crippen LogP contribution in [-0.4, -0.2) is 16.1 Å². The average molecular weight is 439 g/mol. The van der Waals surface area contributed by atoms with Crippen molar-refractivity contribution in [3.63, 3.8) is 0 Å². The predicted octanol–water partition coefficient (Wildman–Crippen LogP) is 5.81. The Morgan fingerprint density at radius 2 is 1.91 bits per heavy atom. The van der Waals surface area contributed by atoms with Crippen LogP contribution in [0.2, 0.25) is 0 Å². The smallest absolute Gasteiger partial charge is 0.307 e. The number of rotatable bonds is 5. The molecule has 0 fully saturated rings. The number of benzene rings is 3. The maximum Gasteiger partial charge on any atom is 0.307 e. The first-order valence-corrected chi connectivity index (χ1v) is 11.1. The number of fused-ring (bicyclic) bond motifs is 2. The van der Waals surface area contributed by atoms with Crippen LogP contribution in [0.15, 0.2) is 72.9 Å². The van der Waals surface area contributed by atoms with Gasteiger partial charge in [-0.05, 0) is 52.3 Å². The molecule has 1 unspecified atom stereocenters. The zero-order valence-electron chi connectivity index (χ0n) is 18.7. The molecule has 5 rings (SSSR count). The summed E-state index contributed by atoms with van der Waals surface area (Å²) in [4.78, 5) is 15.6. The van der Waals surface area contributed by atoms with Gasteiger partial charge < -0.3 is 15.6 Å². The number of nitrogen functional groups attached to an aromatic ring is 1. The first-order chi connectivity index (χ1) is 15.8. The second-order valence-corrected chi connectivity index (χ2v) is 9.35. The quantitative estimate of drug-likeness (QED) is 0.410. The highest BCUT2D eigenvalue weighted by Gasteiger charge is 2.41. The Labute approximate surface area is 192 Å². The number of aromatic nitrogens is 1. The molecule has 0 aliphatic heterocycles.